The molecule has 0 atom stereocenters. The van der Waals surface area contributed by atoms with Crippen molar-refractivity contribution in [1.29, 1.82) is 0 Å². The van der Waals surface area contributed by atoms with E-state index in [0.29, 0.717) is 18.2 Å². The van der Waals surface area contributed by atoms with Crippen LogP contribution < -0.4 is 21.1 Å². The molecule has 106 valence electrons. The number of ether oxygens (including phenoxy) is 1. The number of nitrogens with zero attached hydrogens (tertiary/aromatic N) is 2. The zero-order chi connectivity index (χ0) is 14.4. The van der Waals surface area contributed by atoms with Crippen molar-refractivity contribution in [1.82, 2.24) is 9.97 Å². The first-order valence-electron chi connectivity index (χ1n) is 6.47. The van der Waals surface area contributed by atoms with Crippen LogP contribution in [-0.2, 0) is 6.54 Å². The van der Waals surface area contributed by atoms with Gasteiger partial charge in [0.25, 0.3) is 0 Å². The number of nitrogen functional groups attached to an aromatic ring is 1. The molecule has 0 bridgehead atoms. The number of hydrogen-bond acceptors (Lipinski definition) is 6. The summed E-state index contributed by atoms with van der Waals surface area (Å²) in [6.07, 6.45) is 0. The van der Waals surface area contributed by atoms with Gasteiger partial charge in [-0.25, -0.2) is 0 Å². The number of methoxy groups -OCH3 is 1. The second-order valence-corrected chi connectivity index (χ2v) is 4.19. The van der Waals surface area contributed by atoms with Crippen LogP contribution in [-0.4, -0.2) is 23.6 Å². The van der Waals surface area contributed by atoms with E-state index in [1.54, 1.807) is 7.11 Å². The fraction of sp³-hybridized carbons (Fsp3) is 0.286. The first-order chi connectivity index (χ1) is 9.72. The van der Waals surface area contributed by atoms with Gasteiger partial charge in [0.1, 0.15) is 17.4 Å². The molecule has 1 heterocycles. The Morgan fingerprint density at radius 2 is 1.85 bits per heavy atom. The van der Waals surface area contributed by atoms with E-state index in [9.17, 15) is 0 Å². The van der Waals surface area contributed by atoms with E-state index in [1.807, 2.05) is 37.3 Å². The van der Waals surface area contributed by atoms with Crippen molar-refractivity contribution in [2.45, 2.75) is 13.5 Å². The van der Waals surface area contributed by atoms with Gasteiger partial charge in [-0.2, -0.15) is 9.97 Å². The molecule has 1 aromatic heterocycles. The summed E-state index contributed by atoms with van der Waals surface area (Å²) in [5, 5.41) is 6.34. The predicted octanol–water partition coefficient (Wildman–Crippen LogP) is 2.11. The molecule has 2 rings (SSSR count). The molecule has 0 amide bonds. The average molecular weight is 273 g/mol. The highest BCUT2D eigenvalue weighted by atomic mass is 16.5. The van der Waals surface area contributed by atoms with Crippen molar-refractivity contribution in [3.63, 3.8) is 0 Å². The Morgan fingerprint density at radius 1 is 1.15 bits per heavy atom. The average Bonchev–Trinajstić information content (AvgIpc) is 2.45. The van der Waals surface area contributed by atoms with E-state index < -0.39 is 0 Å². The SMILES string of the molecule is CCNc1cc(NCc2ccccc2OC)nc(N)n1. The van der Waals surface area contributed by atoms with E-state index in [2.05, 4.69) is 20.6 Å². The van der Waals surface area contributed by atoms with Crippen molar-refractivity contribution < 1.29 is 4.74 Å². The molecular weight excluding hydrogens is 254 g/mol. The maximum absolute atomic E-state index is 5.69. The van der Waals surface area contributed by atoms with E-state index >= 15 is 0 Å². The van der Waals surface area contributed by atoms with E-state index in [0.717, 1.165) is 17.9 Å². The molecule has 0 spiro atoms. The number of nitrogens with two attached hydrogens (primary N) is 1. The summed E-state index contributed by atoms with van der Waals surface area (Å²) in [7, 11) is 1.66. The molecule has 0 aliphatic carbocycles. The summed E-state index contributed by atoms with van der Waals surface area (Å²) in [4.78, 5) is 8.26. The second-order valence-electron chi connectivity index (χ2n) is 4.19. The molecule has 0 unspecified atom stereocenters. The summed E-state index contributed by atoms with van der Waals surface area (Å²) in [5.74, 6) is 2.47. The summed E-state index contributed by atoms with van der Waals surface area (Å²) in [5.41, 5.74) is 6.74. The number of hydrogen-bond donors (Lipinski definition) is 3. The molecule has 0 fully saturated rings. The van der Waals surface area contributed by atoms with Crippen molar-refractivity contribution in [3.05, 3.63) is 35.9 Å². The molecule has 6 nitrogen and oxygen atoms in total. The molecule has 0 saturated carbocycles. The van der Waals surface area contributed by atoms with Crippen molar-refractivity contribution in [2.24, 2.45) is 0 Å². The summed E-state index contributed by atoms with van der Waals surface area (Å²) in [6.45, 7) is 3.38. The fourth-order valence-electron chi connectivity index (χ4n) is 1.86. The zero-order valence-corrected chi connectivity index (χ0v) is 11.7. The minimum atomic E-state index is 0.242. The highest BCUT2D eigenvalue weighted by molar-refractivity contribution is 5.51. The molecule has 0 radical (unpaired) electrons. The quantitative estimate of drug-likeness (QED) is 0.747. The second kappa shape index (κ2) is 6.60. The fourth-order valence-corrected chi connectivity index (χ4v) is 1.86. The molecular formula is C14H19N5O. The standard InChI is InChI=1S/C14H19N5O/c1-3-16-12-8-13(19-14(15)18-12)17-9-10-6-4-5-7-11(10)20-2/h4-8H,3,9H2,1-2H3,(H4,15,16,17,18,19). The Kier molecular flexibility index (Phi) is 4.60. The van der Waals surface area contributed by atoms with Gasteiger partial charge in [0.15, 0.2) is 0 Å². The van der Waals surface area contributed by atoms with Crippen LogP contribution in [0.4, 0.5) is 17.6 Å². The van der Waals surface area contributed by atoms with Gasteiger partial charge in [0.2, 0.25) is 5.95 Å². The molecule has 20 heavy (non-hydrogen) atoms. The molecule has 0 aliphatic heterocycles. The number of para-hydroxylation sites is 1. The van der Waals surface area contributed by atoms with E-state index in [4.69, 9.17) is 10.5 Å². The third kappa shape index (κ3) is 3.50. The van der Waals surface area contributed by atoms with Gasteiger partial charge in [-0.1, -0.05) is 18.2 Å². The first-order valence-corrected chi connectivity index (χ1v) is 6.47. The largest absolute Gasteiger partial charge is 0.496 e. The summed E-state index contributed by atoms with van der Waals surface area (Å²) >= 11 is 0. The van der Waals surface area contributed by atoms with Crippen LogP contribution in [0, 0.1) is 0 Å². The van der Waals surface area contributed by atoms with Crippen LogP contribution >= 0.6 is 0 Å². The van der Waals surface area contributed by atoms with Crippen molar-refractivity contribution in [2.75, 3.05) is 30.0 Å². The number of anilines is 3. The Hall–Kier alpha value is -2.50. The van der Waals surface area contributed by atoms with Gasteiger partial charge >= 0.3 is 0 Å². The summed E-state index contributed by atoms with van der Waals surface area (Å²) < 4.78 is 5.31. The third-order valence-corrected chi connectivity index (χ3v) is 2.75. The monoisotopic (exact) mass is 273 g/mol. The van der Waals surface area contributed by atoms with Crippen LogP contribution in [0.2, 0.25) is 0 Å². The Balaban J connectivity index is 2.10. The molecule has 1 aromatic carbocycles. The molecule has 2 aromatic rings. The Morgan fingerprint density at radius 3 is 2.55 bits per heavy atom. The molecule has 0 aliphatic rings. The van der Waals surface area contributed by atoms with Crippen LogP contribution in [0.15, 0.2) is 30.3 Å². The highest BCUT2D eigenvalue weighted by Gasteiger charge is 2.04. The predicted molar refractivity (Wildman–Crippen MR) is 80.9 cm³/mol. The lowest BCUT2D eigenvalue weighted by Gasteiger charge is -2.11. The number of nitrogens with one attached hydrogen (secondary N) is 2. The van der Waals surface area contributed by atoms with Gasteiger partial charge in [0.05, 0.1) is 7.11 Å². The smallest absolute Gasteiger partial charge is 0.223 e. The molecule has 4 N–H and O–H groups in total. The van der Waals surface area contributed by atoms with Gasteiger partial charge in [-0.3, -0.25) is 0 Å². The third-order valence-electron chi connectivity index (χ3n) is 2.75. The number of aromatic nitrogens is 2. The van der Waals surface area contributed by atoms with Crippen molar-refractivity contribution in [3.8, 4) is 5.75 Å². The molecule has 6 heteroatoms. The first kappa shape index (κ1) is 13.9. The lowest BCUT2D eigenvalue weighted by Crippen LogP contribution is -2.08. The lowest BCUT2D eigenvalue weighted by atomic mass is 10.2. The van der Waals surface area contributed by atoms with Gasteiger partial charge in [-0.05, 0) is 13.0 Å². The Labute approximate surface area is 118 Å². The number of benzene rings is 1. The van der Waals surface area contributed by atoms with Crippen LogP contribution in [0.25, 0.3) is 0 Å². The van der Waals surface area contributed by atoms with E-state index in [-0.39, 0.29) is 5.95 Å². The van der Waals surface area contributed by atoms with Crippen LogP contribution in [0.3, 0.4) is 0 Å². The minimum absolute atomic E-state index is 0.242. The molecule has 0 saturated heterocycles. The number of rotatable bonds is 6. The summed E-state index contributed by atoms with van der Waals surface area (Å²) in [6, 6.07) is 9.67. The normalized spacial score (nSPS) is 10.1. The zero-order valence-electron chi connectivity index (χ0n) is 11.7. The lowest BCUT2D eigenvalue weighted by molar-refractivity contribution is 0.410. The van der Waals surface area contributed by atoms with Crippen LogP contribution in [0.1, 0.15) is 12.5 Å². The van der Waals surface area contributed by atoms with Gasteiger partial charge < -0.3 is 21.1 Å². The highest BCUT2D eigenvalue weighted by Crippen LogP contribution is 2.19. The topological polar surface area (TPSA) is 85.1 Å². The van der Waals surface area contributed by atoms with E-state index in [1.165, 1.54) is 0 Å². The van der Waals surface area contributed by atoms with Gasteiger partial charge in [0, 0.05) is 24.7 Å². The maximum Gasteiger partial charge on any atom is 0.223 e. The maximum atomic E-state index is 5.69. The van der Waals surface area contributed by atoms with Gasteiger partial charge in [-0.15, -0.1) is 0 Å². The van der Waals surface area contributed by atoms with Crippen LogP contribution in [0.5, 0.6) is 5.75 Å². The Bertz CT molecular complexity index is 573. The van der Waals surface area contributed by atoms with Crippen molar-refractivity contribution >= 4 is 17.6 Å². The minimum Gasteiger partial charge on any atom is -0.496 e.